The SMILES string of the molecule is CC(C)CNCc1ccn(-c2c(F)cc(F)cc2F)n1. The van der Waals surface area contributed by atoms with Crippen molar-refractivity contribution >= 4 is 0 Å². The summed E-state index contributed by atoms with van der Waals surface area (Å²) in [5.74, 6) is -2.40. The molecule has 0 saturated heterocycles. The van der Waals surface area contributed by atoms with Crippen LogP contribution in [0.1, 0.15) is 19.5 Å². The van der Waals surface area contributed by atoms with Crippen LogP contribution in [0, 0.1) is 23.4 Å². The normalized spacial score (nSPS) is 11.3. The average Bonchev–Trinajstić information content (AvgIpc) is 2.75. The zero-order valence-corrected chi connectivity index (χ0v) is 11.3. The Labute approximate surface area is 115 Å². The Morgan fingerprint density at radius 3 is 2.45 bits per heavy atom. The smallest absolute Gasteiger partial charge is 0.154 e. The van der Waals surface area contributed by atoms with Gasteiger partial charge in [-0.05, 0) is 18.5 Å². The molecule has 0 saturated carbocycles. The van der Waals surface area contributed by atoms with Gasteiger partial charge in [0.05, 0.1) is 5.69 Å². The van der Waals surface area contributed by atoms with E-state index in [1.54, 1.807) is 6.07 Å². The molecule has 0 unspecified atom stereocenters. The van der Waals surface area contributed by atoms with Gasteiger partial charge >= 0.3 is 0 Å². The van der Waals surface area contributed by atoms with E-state index >= 15 is 0 Å². The highest BCUT2D eigenvalue weighted by Crippen LogP contribution is 2.18. The second kappa shape index (κ2) is 6.09. The number of hydrogen-bond acceptors (Lipinski definition) is 2. The second-order valence-corrected chi connectivity index (χ2v) is 4.99. The first-order valence-corrected chi connectivity index (χ1v) is 6.37. The molecule has 0 atom stereocenters. The molecule has 1 heterocycles. The molecule has 108 valence electrons. The van der Waals surface area contributed by atoms with Crippen LogP contribution in [0.5, 0.6) is 0 Å². The highest BCUT2D eigenvalue weighted by Gasteiger charge is 2.14. The van der Waals surface area contributed by atoms with Gasteiger partial charge < -0.3 is 5.32 Å². The Balaban J connectivity index is 2.17. The van der Waals surface area contributed by atoms with Gasteiger partial charge in [0.1, 0.15) is 11.5 Å². The van der Waals surface area contributed by atoms with Crippen LogP contribution in [0.15, 0.2) is 24.4 Å². The molecule has 0 spiro atoms. The van der Waals surface area contributed by atoms with Crippen molar-refractivity contribution in [2.24, 2.45) is 5.92 Å². The van der Waals surface area contributed by atoms with Gasteiger partial charge in [0, 0.05) is 24.9 Å². The topological polar surface area (TPSA) is 29.9 Å². The minimum Gasteiger partial charge on any atom is -0.311 e. The quantitative estimate of drug-likeness (QED) is 0.914. The number of rotatable bonds is 5. The van der Waals surface area contributed by atoms with E-state index in [4.69, 9.17) is 0 Å². The van der Waals surface area contributed by atoms with Crippen molar-refractivity contribution in [2.75, 3.05) is 6.54 Å². The molecule has 1 N–H and O–H groups in total. The summed E-state index contributed by atoms with van der Waals surface area (Å²) in [5.41, 5.74) is 0.287. The van der Waals surface area contributed by atoms with Gasteiger partial charge in [0.25, 0.3) is 0 Å². The van der Waals surface area contributed by atoms with Crippen molar-refractivity contribution in [1.29, 1.82) is 0 Å². The standard InChI is InChI=1S/C14H16F3N3/c1-9(2)7-18-8-11-3-4-20(19-11)14-12(16)5-10(15)6-13(14)17/h3-6,9,18H,7-8H2,1-2H3. The molecule has 0 aliphatic rings. The van der Waals surface area contributed by atoms with Crippen molar-refractivity contribution in [1.82, 2.24) is 15.1 Å². The van der Waals surface area contributed by atoms with Crippen LogP contribution in [-0.2, 0) is 6.54 Å². The zero-order valence-electron chi connectivity index (χ0n) is 11.3. The number of aromatic nitrogens is 2. The minimum absolute atomic E-state index is 0.374. The van der Waals surface area contributed by atoms with Gasteiger partial charge in [-0.15, -0.1) is 0 Å². The molecule has 0 bridgehead atoms. The van der Waals surface area contributed by atoms with E-state index in [-0.39, 0.29) is 5.69 Å². The summed E-state index contributed by atoms with van der Waals surface area (Å²) >= 11 is 0. The maximum Gasteiger partial charge on any atom is 0.154 e. The van der Waals surface area contributed by atoms with Crippen LogP contribution >= 0.6 is 0 Å². The van der Waals surface area contributed by atoms with Gasteiger partial charge in [-0.1, -0.05) is 13.8 Å². The van der Waals surface area contributed by atoms with E-state index in [1.165, 1.54) is 6.20 Å². The van der Waals surface area contributed by atoms with Gasteiger partial charge in [-0.3, -0.25) is 0 Å². The van der Waals surface area contributed by atoms with Gasteiger partial charge in [-0.2, -0.15) is 5.10 Å². The molecule has 1 aromatic heterocycles. The van der Waals surface area contributed by atoms with E-state index in [2.05, 4.69) is 24.3 Å². The third kappa shape index (κ3) is 3.39. The lowest BCUT2D eigenvalue weighted by Gasteiger charge is -2.06. The Morgan fingerprint density at radius 2 is 1.85 bits per heavy atom. The van der Waals surface area contributed by atoms with Crippen molar-refractivity contribution in [3.8, 4) is 5.69 Å². The van der Waals surface area contributed by atoms with Crippen molar-refractivity contribution < 1.29 is 13.2 Å². The van der Waals surface area contributed by atoms with Crippen LogP contribution in [0.3, 0.4) is 0 Å². The predicted octanol–water partition coefficient (Wildman–Crippen LogP) is 3.04. The maximum absolute atomic E-state index is 13.6. The average molecular weight is 283 g/mol. The van der Waals surface area contributed by atoms with Crippen LogP contribution in [0.25, 0.3) is 5.69 Å². The fourth-order valence-electron chi connectivity index (χ4n) is 1.82. The van der Waals surface area contributed by atoms with Crippen molar-refractivity contribution in [2.45, 2.75) is 20.4 Å². The number of hydrogen-bond donors (Lipinski definition) is 1. The summed E-state index contributed by atoms with van der Waals surface area (Å²) in [6.45, 7) is 5.49. The summed E-state index contributed by atoms with van der Waals surface area (Å²) in [5, 5.41) is 7.26. The molecule has 0 aliphatic heterocycles. The molecule has 2 rings (SSSR count). The molecule has 1 aromatic carbocycles. The predicted molar refractivity (Wildman–Crippen MR) is 70.0 cm³/mol. The van der Waals surface area contributed by atoms with E-state index in [1.807, 2.05) is 0 Å². The molecular formula is C14H16F3N3. The largest absolute Gasteiger partial charge is 0.311 e. The van der Waals surface area contributed by atoms with Crippen LogP contribution in [-0.4, -0.2) is 16.3 Å². The monoisotopic (exact) mass is 283 g/mol. The third-order valence-electron chi connectivity index (χ3n) is 2.71. The fourth-order valence-corrected chi connectivity index (χ4v) is 1.82. The summed E-state index contributed by atoms with van der Waals surface area (Å²) in [4.78, 5) is 0. The minimum atomic E-state index is -0.979. The van der Waals surface area contributed by atoms with Crippen LogP contribution < -0.4 is 5.32 Å². The molecule has 0 aliphatic carbocycles. The van der Waals surface area contributed by atoms with E-state index in [9.17, 15) is 13.2 Å². The lowest BCUT2D eigenvalue weighted by Crippen LogP contribution is -2.19. The van der Waals surface area contributed by atoms with Crippen molar-refractivity contribution in [3.05, 3.63) is 47.5 Å². The molecule has 0 fully saturated rings. The fraction of sp³-hybridized carbons (Fsp3) is 0.357. The Morgan fingerprint density at radius 1 is 1.20 bits per heavy atom. The summed E-state index contributed by atoms with van der Waals surface area (Å²) in [7, 11) is 0. The lowest BCUT2D eigenvalue weighted by atomic mass is 10.2. The first kappa shape index (κ1) is 14.6. The van der Waals surface area contributed by atoms with E-state index in [0.29, 0.717) is 30.3 Å². The van der Waals surface area contributed by atoms with E-state index in [0.717, 1.165) is 11.2 Å². The number of nitrogens with one attached hydrogen (secondary N) is 1. The van der Waals surface area contributed by atoms with E-state index < -0.39 is 17.5 Å². The first-order valence-electron chi connectivity index (χ1n) is 6.37. The van der Waals surface area contributed by atoms with Crippen molar-refractivity contribution in [3.63, 3.8) is 0 Å². The van der Waals surface area contributed by atoms with Gasteiger partial charge in [-0.25, -0.2) is 17.9 Å². The molecule has 20 heavy (non-hydrogen) atoms. The maximum atomic E-state index is 13.6. The van der Waals surface area contributed by atoms with Crippen LogP contribution in [0.2, 0.25) is 0 Å². The summed E-state index contributed by atoms with van der Waals surface area (Å²) in [6, 6.07) is 2.93. The second-order valence-electron chi connectivity index (χ2n) is 4.99. The molecular weight excluding hydrogens is 267 g/mol. The Hall–Kier alpha value is -1.82. The molecule has 2 aromatic rings. The highest BCUT2D eigenvalue weighted by molar-refractivity contribution is 5.35. The molecule has 0 radical (unpaired) electrons. The Bertz CT molecular complexity index is 570. The Kier molecular flexibility index (Phi) is 4.44. The lowest BCUT2D eigenvalue weighted by molar-refractivity contribution is 0.524. The summed E-state index contributed by atoms with van der Waals surface area (Å²) in [6.07, 6.45) is 1.45. The number of benzene rings is 1. The van der Waals surface area contributed by atoms with Gasteiger partial charge in [0.15, 0.2) is 11.6 Å². The number of halogens is 3. The molecule has 0 amide bonds. The molecule has 6 heteroatoms. The number of nitrogens with zero attached hydrogens (tertiary/aromatic N) is 2. The molecule has 3 nitrogen and oxygen atoms in total. The summed E-state index contributed by atoms with van der Waals surface area (Å²) < 4.78 is 41.1. The van der Waals surface area contributed by atoms with Crippen LogP contribution in [0.4, 0.5) is 13.2 Å². The third-order valence-corrected chi connectivity index (χ3v) is 2.71. The van der Waals surface area contributed by atoms with Gasteiger partial charge in [0.2, 0.25) is 0 Å². The first-order chi connectivity index (χ1) is 9.47. The highest BCUT2D eigenvalue weighted by atomic mass is 19.1. The zero-order chi connectivity index (χ0) is 14.7.